The fourth-order valence-corrected chi connectivity index (χ4v) is 6.60. The fourth-order valence-electron chi connectivity index (χ4n) is 6.42. The minimum absolute atomic E-state index is 0.0463. The zero-order valence-electron chi connectivity index (χ0n) is 25.0. The van der Waals surface area contributed by atoms with E-state index in [9.17, 15) is 13.6 Å². The maximum absolute atomic E-state index is 13.9. The van der Waals surface area contributed by atoms with Gasteiger partial charge in [0.25, 0.3) is 12.3 Å². The van der Waals surface area contributed by atoms with Crippen molar-refractivity contribution < 1.29 is 23.0 Å². The standard InChI is InChI=1S/C33H38ClF2N5O3/c1-3-43-33-24(5-4-14-37-33)26-9-10-27(30(39-26)32(42)38-22-12-15-40(2)19-22)41-16-13-23(18-28(41)20-6-7-20)44-29-11-8-21(34)17-25(29)31(35)36/h4-5,8-11,14,17,20,22-23,28,31H,3,6-7,12-13,15-16,18-19H2,1-2H3,(H,38,42)/t22-,23+,28-/m1/s1. The summed E-state index contributed by atoms with van der Waals surface area (Å²) in [6, 6.07) is 12.1. The second kappa shape index (κ2) is 13.2. The summed E-state index contributed by atoms with van der Waals surface area (Å²) in [6.07, 6.45) is 3.05. The summed E-state index contributed by atoms with van der Waals surface area (Å²) in [5, 5.41) is 3.48. The number of pyridine rings is 2. The number of alkyl halides is 2. The molecule has 1 aromatic carbocycles. The van der Waals surface area contributed by atoms with Crippen LogP contribution in [0.2, 0.25) is 5.02 Å². The van der Waals surface area contributed by atoms with E-state index in [-0.39, 0.29) is 40.4 Å². The molecule has 0 spiro atoms. The van der Waals surface area contributed by atoms with E-state index in [2.05, 4.69) is 27.1 Å². The SMILES string of the molecule is CCOc1ncccc1-c1ccc(N2CC[C@H](Oc3ccc(Cl)cc3C(F)F)C[C@@H]2C2CC2)c(C(=O)N[C@@H]2CCN(C)C2)n1. The molecule has 4 heterocycles. The number of hydrogen-bond donors (Lipinski definition) is 1. The molecule has 3 aliphatic rings. The maximum Gasteiger partial charge on any atom is 0.272 e. The van der Waals surface area contributed by atoms with E-state index in [4.69, 9.17) is 26.1 Å². The van der Waals surface area contributed by atoms with Gasteiger partial charge in [0.1, 0.15) is 11.9 Å². The first-order valence-electron chi connectivity index (χ1n) is 15.4. The van der Waals surface area contributed by atoms with Crippen LogP contribution in [0.25, 0.3) is 11.3 Å². The number of hydrogen-bond acceptors (Lipinski definition) is 7. The Hall–Kier alpha value is -3.50. The second-order valence-corrected chi connectivity index (χ2v) is 12.4. The van der Waals surface area contributed by atoms with Gasteiger partial charge >= 0.3 is 0 Å². The van der Waals surface area contributed by atoms with Gasteiger partial charge in [-0.3, -0.25) is 4.79 Å². The number of likely N-dealkylation sites (N-methyl/N-ethyl adjacent to an activating group) is 1. The Bertz CT molecular complexity index is 1490. The van der Waals surface area contributed by atoms with E-state index in [0.29, 0.717) is 49.2 Å². The topological polar surface area (TPSA) is 79.8 Å². The van der Waals surface area contributed by atoms with Crippen molar-refractivity contribution in [2.24, 2.45) is 5.92 Å². The van der Waals surface area contributed by atoms with Crippen LogP contribution in [0.4, 0.5) is 14.5 Å². The van der Waals surface area contributed by atoms with Crippen LogP contribution in [-0.4, -0.2) is 72.3 Å². The first-order valence-corrected chi connectivity index (χ1v) is 15.8. The number of aromatic nitrogens is 2. The van der Waals surface area contributed by atoms with Crippen molar-refractivity contribution in [2.45, 2.75) is 63.6 Å². The molecule has 0 unspecified atom stereocenters. The number of halogens is 3. The highest BCUT2D eigenvalue weighted by Gasteiger charge is 2.42. The van der Waals surface area contributed by atoms with Crippen molar-refractivity contribution in [2.75, 3.05) is 38.2 Å². The van der Waals surface area contributed by atoms with Gasteiger partial charge in [-0.25, -0.2) is 18.7 Å². The molecule has 1 saturated carbocycles. The number of amides is 1. The van der Waals surface area contributed by atoms with E-state index in [1.165, 1.54) is 12.1 Å². The number of rotatable bonds is 10. The minimum atomic E-state index is -2.68. The maximum atomic E-state index is 13.9. The van der Waals surface area contributed by atoms with Crippen LogP contribution in [0.1, 0.15) is 61.5 Å². The van der Waals surface area contributed by atoms with Crippen molar-refractivity contribution in [3.05, 3.63) is 64.9 Å². The molecule has 8 nitrogen and oxygen atoms in total. The number of carbonyl (C=O) groups is 1. The van der Waals surface area contributed by atoms with Crippen molar-refractivity contribution in [3.63, 3.8) is 0 Å². The summed E-state index contributed by atoms with van der Waals surface area (Å²) < 4.78 is 39.5. The number of nitrogens with zero attached hydrogens (tertiary/aromatic N) is 4. The highest BCUT2D eigenvalue weighted by Crippen LogP contribution is 2.43. The molecule has 1 aliphatic carbocycles. The van der Waals surface area contributed by atoms with Gasteiger partial charge in [0.05, 0.1) is 29.1 Å². The normalized spacial score (nSPS) is 22.3. The zero-order chi connectivity index (χ0) is 30.8. The molecule has 0 bridgehead atoms. The van der Waals surface area contributed by atoms with Crippen LogP contribution >= 0.6 is 11.6 Å². The number of likely N-dealkylation sites (tertiary alicyclic amines) is 1. The third kappa shape index (κ3) is 6.76. The summed E-state index contributed by atoms with van der Waals surface area (Å²) >= 11 is 5.99. The molecule has 234 valence electrons. The van der Waals surface area contributed by atoms with Crippen LogP contribution in [0, 0.1) is 5.92 Å². The molecule has 3 aromatic rings. The number of anilines is 1. The van der Waals surface area contributed by atoms with E-state index >= 15 is 0 Å². The monoisotopic (exact) mass is 625 g/mol. The Morgan fingerprint density at radius 1 is 1.14 bits per heavy atom. The number of carbonyl (C=O) groups excluding carboxylic acids is 1. The van der Waals surface area contributed by atoms with E-state index in [1.807, 2.05) is 31.2 Å². The lowest BCUT2D eigenvalue weighted by Gasteiger charge is -2.42. The quantitative estimate of drug-likeness (QED) is 0.280. The average Bonchev–Trinajstić information content (AvgIpc) is 3.79. The number of nitrogens with one attached hydrogen (secondary N) is 1. The fraction of sp³-hybridized carbons (Fsp3) is 0.485. The number of benzene rings is 1. The van der Waals surface area contributed by atoms with Gasteiger partial charge in [-0.15, -0.1) is 0 Å². The third-order valence-corrected chi connectivity index (χ3v) is 8.95. The molecule has 2 aromatic heterocycles. The predicted molar refractivity (Wildman–Crippen MR) is 166 cm³/mol. The Morgan fingerprint density at radius 2 is 1.98 bits per heavy atom. The molecule has 2 aliphatic heterocycles. The third-order valence-electron chi connectivity index (χ3n) is 8.72. The molecule has 1 N–H and O–H groups in total. The Morgan fingerprint density at radius 3 is 2.70 bits per heavy atom. The summed E-state index contributed by atoms with van der Waals surface area (Å²) in [5.74, 6) is 0.868. The van der Waals surface area contributed by atoms with Crippen LogP contribution in [0.5, 0.6) is 11.6 Å². The van der Waals surface area contributed by atoms with Crippen molar-refractivity contribution in [1.82, 2.24) is 20.2 Å². The van der Waals surface area contributed by atoms with E-state index in [1.54, 1.807) is 12.3 Å². The van der Waals surface area contributed by atoms with Gasteiger partial charge in [-0.2, -0.15) is 0 Å². The van der Waals surface area contributed by atoms with Crippen LogP contribution in [0.15, 0.2) is 48.7 Å². The lowest BCUT2D eigenvalue weighted by Crippen LogP contribution is -2.48. The molecule has 3 fully saturated rings. The van der Waals surface area contributed by atoms with Crippen molar-refractivity contribution >= 4 is 23.2 Å². The lowest BCUT2D eigenvalue weighted by molar-refractivity contribution is 0.0933. The molecule has 44 heavy (non-hydrogen) atoms. The van der Waals surface area contributed by atoms with Crippen LogP contribution in [0.3, 0.4) is 0 Å². The first-order chi connectivity index (χ1) is 21.3. The molecule has 2 saturated heterocycles. The summed E-state index contributed by atoms with van der Waals surface area (Å²) in [6.45, 7) is 4.68. The molecule has 6 rings (SSSR count). The van der Waals surface area contributed by atoms with E-state index < -0.39 is 6.43 Å². The molecule has 11 heteroatoms. The van der Waals surface area contributed by atoms with Gasteiger partial charge in [0, 0.05) is 49.2 Å². The average molecular weight is 626 g/mol. The van der Waals surface area contributed by atoms with Crippen molar-refractivity contribution in [3.8, 4) is 22.9 Å². The van der Waals surface area contributed by atoms with Crippen molar-refractivity contribution in [1.29, 1.82) is 0 Å². The molecular weight excluding hydrogens is 588 g/mol. The zero-order valence-corrected chi connectivity index (χ0v) is 25.8. The van der Waals surface area contributed by atoms with Gasteiger partial charge in [-0.05, 0) is 88.2 Å². The van der Waals surface area contributed by atoms with Gasteiger partial charge in [0.15, 0.2) is 5.69 Å². The van der Waals surface area contributed by atoms with E-state index in [0.717, 1.165) is 43.6 Å². The highest BCUT2D eigenvalue weighted by molar-refractivity contribution is 6.30. The Kier molecular flexibility index (Phi) is 9.18. The minimum Gasteiger partial charge on any atom is -0.490 e. The van der Waals surface area contributed by atoms with Gasteiger partial charge in [0.2, 0.25) is 5.88 Å². The summed E-state index contributed by atoms with van der Waals surface area (Å²) in [4.78, 5) is 27.7. The van der Waals surface area contributed by atoms with Gasteiger partial charge < -0.3 is 24.6 Å². The molecule has 1 amide bonds. The number of ether oxygens (including phenoxy) is 2. The first kappa shape index (κ1) is 30.5. The molecular formula is C33H38ClF2N5O3. The van der Waals surface area contributed by atoms with Crippen LogP contribution in [-0.2, 0) is 0 Å². The summed E-state index contributed by atoms with van der Waals surface area (Å²) in [5.41, 5.74) is 2.28. The van der Waals surface area contributed by atoms with Crippen LogP contribution < -0.4 is 19.7 Å². The predicted octanol–water partition coefficient (Wildman–Crippen LogP) is 6.39. The lowest BCUT2D eigenvalue weighted by atomic mass is 9.94. The number of piperidine rings is 1. The second-order valence-electron chi connectivity index (χ2n) is 11.9. The largest absolute Gasteiger partial charge is 0.490 e. The Labute approximate surface area is 261 Å². The summed E-state index contributed by atoms with van der Waals surface area (Å²) in [7, 11) is 2.05. The Balaban J connectivity index is 1.30. The highest BCUT2D eigenvalue weighted by atomic mass is 35.5. The molecule has 3 atom stereocenters. The smallest absolute Gasteiger partial charge is 0.272 e. The molecule has 0 radical (unpaired) electrons. The van der Waals surface area contributed by atoms with Gasteiger partial charge in [-0.1, -0.05) is 11.6 Å².